The number of ether oxygens (including phenoxy) is 1. The van der Waals surface area contributed by atoms with Crippen LogP contribution in [0, 0.1) is 23.3 Å². The first-order valence-electron chi connectivity index (χ1n) is 12.0. The molecule has 2 unspecified atom stereocenters. The summed E-state index contributed by atoms with van der Waals surface area (Å²) in [7, 11) is 0. The van der Waals surface area contributed by atoms with Gasteiger partial charge in [0.05, 0.1) is 11.9 Å². The average Bonchev–Trinajstić information content (AvgIpc) is 3.21. The maximum atomic E-state index is 15.3. The van der Waals surface area contributed by atoms with E-state index in [1.165, 1.54) is 0 Å². The SMILES string of the molecule is CC[C@H](NC(=O)c1cn(-c2c(F)cc(F)cc2F)c2nc(N3CC(O)C(OC(C)=O)C3)c(F)cc2c1=O)C(F)(F)F. The highest BCUT2D eigenvalue weighted by atomic mass is 19.4. The lowest BCUT2D eigenvalue weighted by molar-refractivity contribution is -0.154. The van der Waals surface area contributed by atoms with Gasteiger partial charge in [0.15, 0.2) is 28.9 Å². The third-order valence-corrected chi connectivity index (χ3v) is 6.34. The summed E-state index contributed by atoms with van der Waals surface area (Å²) in [5.74, 6) is -8.49. The number of aliphatic hydroxyl groups is 1. The number of esters is 1. The fraction of sp³-hybridized carbons (Fsp3) is 0.360. The highest BCUT2D eigenvalue weighted by Crippen LogP contribution is 2.29. The van der Waals surface area contributed by atoms with Crippen molar-refractivity contribution in [1.29, 1.82) is 0 Å². The van der Waals surface area contributed by atoms with E-state index in [2.05, 4.69) is 4.98 Å². The van der Waals surface area contributed by atoms with Gasteiger partial charge < -0.3 is 20.1 Å². The van der Waals surface area contributed by atoms with Crippen LogP contribution in [0.5, 0.6) is 0 Å². The molecule has 2 aromatic heterocycles. The molecular formula is C25H21F7N4O5. The van der Waals surface area contributed by atoms with Crippen molar-refractivity contribution >= 4 is 28.7 Å². The van der Waals surface area contributed by atoms with E-state index in [-0.39, 0.29) is 25.2 Å². The van der Waals surface area contributed by atoms with Crippen LogP contribution in [0.3, 0.4) is 0 Å². The Morgan fingerprint density at radius 2 is 1.76 bits per heavy atom. The normalized spacial score (nSPS) is 18.0. The van der Waals surface area contributed by atoms with Gasteiger partial charge in [0, 0.05) is 31.8 Å². The molecule has 1 aromatic carbocycles. The van der Waals surface area contributed by atoms with E-state index in [1.54, 1.807) is 5.32 Å². The molecule has 1 saturated heterocycles. The first-order valence-corrected chi connectivity index (χ1v) is 12.0. The number of carbonyl (C=O) groups excluding carboxylic acids is 2. The molecule has 3 heterocycles. The van der Waals surface area contributed by atoms with E-state index < -0.39 is 99.5 Å². The largest absolute Gasteiger partial charge is 0.458 e. The molecule has 0 radical (unpaired) electrons. The van der Waals surface area contributed by atoms with Crippen molar-refractivity contribution in [3.8, 4) is 5.69 Å². The molecule has 1 aliphatic rings. The van der Waals surface area contributed by atoms with Crippen molar-refractivity contribution in [3.05, 3.63) is 63.5 Å². The van der Waals surface area contributed by atoms with E-state index in [0.29, 0.717) is 16.8 Å². The summed E-state index contributed by atoms with van der Waals surface area (Å²) in [4.78, 5) is 42.4. The molecule has 0 spiro atoms. The Labute approximate surface area is 226 Å². The minimum atomic E-state index is -4.90. The third-order valence-electron chi connectivity index (χ3n) is 6.34. The number of fused-ring (bicyclic) bond motifs is 1. The number of carbonyl (C=O) groups is 2. The Morgan fingerprint density at radius 1 is 1.12 bits per heavy atom. The minimum Gasteiger partial charge on any atom is -0.458 e. The number of pyridine rings is 2. The molecule has 9 nitrogen and oxygen atoms in total. The van der Waals surface area contributed by atoms with Crippen LogP contribution < -0.4 is 15.6 Å². The molecule has 16 heteroatoms. The van der Waals surface area contributed by atoms with Crippen LogP contribution in [-0.2, 0) is 9.53 Å². The van der Waals surface area contributed by atoms with Crippen molar-refractivity contribution in [2.75, 3.05) is 18.0 Å². The van der Waals surface area contributed by atoms with E-state index in [1.807, 2.05) is 0 Å². The van der Waals surface area contributed by atoms with Gasteiger partial charge in [0.1, 0.15) is 35.3 Å². The predicted octanol–water partition coefficient (Wildman–Crippen LogP) is 3.13. The summed E-state index contributed by atoms with van der Waals surface area (Å²) in [5, 5.41) is 11.1. The van der Waals surface area contributed by atoms with Crippen LogP contribution in [0.15, 0.2) is 29.2 Å². The summed E-state index contributed by atoms with van der Waals surface area (Å²) in [6.45, 7) is 1.62. The predicted molar refractivity (Wildman–Crippen MR) is 129 cm³/mol. The first kappa shape index (κ1) is 29.8. The zero-order chi connectivity index (χ0) is 30.4. The molecule has 3 atom stereocenters. The quantitative estimate of drug-likeness (QED) is 0.335. The van der Waals surface area contributed by atoms with E-state index in [4.69, 9.17) is 4.74 Å². The van der Waals surface area contributed by atoms with Crippen molar-refractivity contribution in [1.82, 2.24) is 14.9 Å². The van der Waals surface area contributed by atoms with Crippen LogP contribution in [-0.4, -0.2) is 64.0 Å². The number of hydrogen-bond acceptors (Lipinski definition) is 7. The number of aliphatic hydroxyl groups excluding tert-OH is 1. The Hall–Kier alpha value is -4.21. The van der Waals surface area contributed by atoms with Gasteiger partial charge >= 0.3 is 12.1 Å². The number of aromatic nitrogens is 2. The Morgan fingerprint density at radius 3 is 2.32 bits per heavy atom. The second-order valence-corrected chi connectivity index (χ2v) is 9.22. The van der Waals surface area contributed by atoms with Crippen molar-refractivity contribution in [2.45, 2.75) is 44.7 Å². The monoisotopic (exact) mass is 590 g/mol. The molecular weight excluding hydrogens is 569 g/mol. The summed E-state index contributed by atoms with van der Waals surface area (Å²) >= 11 is 0. The standard InChI is InChI=1S/C25H21F7N4O5/c1-3-19(25(30,31)32)33-24(40)13-7-36(20-14(27)4-11(26)5-15(20)28)22-12(21(13)39)6-16(29)23(34-22)35-8-17(38)18(9-35)41-10(2)37/h4-7,17-19,38H,3,8-9H2,1-2H3,(H,33,40)/t17?,18?,19-/m0/s1. The minimum absolute atomic E-state index is 0.268. The van der Waals surface area contributed by atoms with Gasteiger partial charge in [-0.1, -0.05) is 6.92 Å². The molecule has 1 aliphatic heterocycles. The molecule has 1 amide bonds. The maximum Gasteiger partial charge on any atom is 0.408 e. The molecule has 0 saturated carbocycles. The first-order chi connectivity index (χ1) is 19.1. The topological polar surface area (TPSA) is 114 Å². The zero-order valence-corrected chi connectivity index (χ0v) is 21.2. The molecule has 220 valence electrons. The average molecular weight is 590 g/mol. The number of amides is 1. The Balaban J connectivity index is 1.94. The molecule has 0 bridgehead atoms. The van der Waals surface area contributed by atoms with Gasteiger partial charge in [-0.2, -0.15) is 13.2 Å². The van der Waals surface area contributed by atoms with Crippen LogP contribution in [0.25, 0.3) is 16.7 Å². The van der Waals surface area contributed by atoms with Crippen LogP contribution >= 0.6 is 0 Å². The molecule has 0 aliphatic carbocycles. The molecule has 4 rings (SSSR count). The van der Waals surface area contributed by atoms with Crippen molar-refractivity contribution < 1.29 is 50.2 Å². The van der Waals surface area contributed by atoms with Crippen molar-refractivity contribution in [2.24, 2.45) is 0 Å². The summed E-state index contributed by atoms with van der Waals surface area (Å²) < 4.78 is 104. The maximum absolute atomic E-state index is 15.3. The number of anilines is 1. The highest BCUT2D eigenvalue weighted by molar-refractivity contribution is 5.97. The van der Waals surface area contributed by atoms with Gasteiger partial charge in [-0.25, -0.2) is 22.5 Å². The summed E-state index contributed by atoms with van der Waals surface area (Å²) in [6, 6.07) is -1.30. The molecule has 2 N–H and O–H groups in total. The van der Waals surface area contributed by atoms with Gasteiger partial charge in [0.2, 0.25) is 5.43 Å². The number of nitrogens with zero attached hydrogens (tertiary/aromatic N) is 3. The number of nitrogens with one attached hydrogen (secondary N) is 1. The highest BCUT2D eigenvalue weighted by Gasteiger charge is 2.40. The van der Waals surface area contributed by atoms with Crippen LogP contribution in [0.4, 0.5) is 36.6 Å². The zero-order valence-electron chi connectivity index (χ0n) is 21.2. The van der Waals surface area contributed by atoms with E-state index in [9.17, 15) is 45.8 Å². The van der Waals surface area contributed by atoms with Gasteiger partial charge in [-0.3, -0.25) is 19.0 Å². The molecule has 1 fully saturated rings. The lowest BCUT2D eigenvalue weighted by Crippen LogP contribution is -2.46. The number of benzene rings is 1. The lowest BCUT2D eigenvalue weighted by Gasteiger charge is -2.22. The number of rotatable bonds is 6. The van der Waals surface area contributed by atoms with Crippen LogP contribution in [0.2, 0.25) is 0 Å². The Kier molecular flexibility index (Phi) is 7.98. The second kappa shape index (κ2) is 11.0. The van der Waals surface area contributed by atoms with Crippen LogP contribution in [0.1, 0.15) is 30.6 Å². The third kappa shape index (κ3) is 5.82. The fourth-order valence-corrected chi connectivity index (χ4v) is 4.44. The molecule has 41 heavy (non-hydrogen) atoms. The lowest BCUT2D eigenvalue weighted by atomic mass is 10.1. The van der Waals surface area contributed by atoms with Crippen molar-refractivity contribution in [3.63, 3.8) is 0 Å². The van der Waals surface area contributed by atoms with E-state index >= 15 is 4.39 Å². The second-order valence-electron chi connectivity index (χ2n) is 9.22. The van der Waals surface area contributed by atoms with Gasteiger partial charge in [-0.05, 0) is 12.5 Å². The smallest absolute Gasteiger partial charge is 0.408 e. The summed E-state index contributed by atoms with van der Waals surface area (Å²) in [5.41, 5.74) is -4.08. The number of β-amino-alcohol motifs (C(OH)–C–C–N with tert-alkyl or cyclic N) is 1. The van der Waals surface area contributed by atoms with Gasteiger partial charge in [-0.15, -0.1) is 0 Å². The summed E-state index contributed by atoms with van der Waals surface area (Å²) in [6.07, 6.45) is -7.38. The van der Waals surface area contributed by atoms with Gasteiger partial charge in [0.25, 0.3) is 5.91 Å². The van der Waals surface area contributed by atoms with E-state index in [0.717, 1.165) is 18.7 Å². The number of halogens is 7. The number of hydrogen-bond donors (Lipinski definition) is 2. The molecule has 3 aromatic rings. The fourth-order valence-electron chi connectivity index (χ4n) is 4.44. The number of alkyl halides is 3. The Bertz CT molecular complexity index is 1570.